The number of nitrogens with zero attached hydrogens (tertiary/aromatic N) is 2. The Morgan fingerprint density at radius 1 is 1.33 bits per heavy atom. The molecule has 3 heteroatoms. The van der Waals surface area contributed by atoms with Gasteiger partial charge in [-0.05, 0) is 24.3 Å². The molecule has 1 aromatic rings. The van der Waals surface area contributed by atoms with Crippen LogP contribution in [-0.2, 0) is 6.42 Å². The second-order valence-electron chi connectivity index (χ2n) is 5.42. The quantitative estimate of drug-likeness (QED) is 0.864. The first kappa shape index (κ1) is 12.9. The predicted octanol–water partition coefficient (Wildman–Crippen LogP) is 2.27. The van der Waals surface area contributed by atoms with Crippen molar-refractivity contribution in [3.05, 3.63) is 35.9 Å². The molecule has 18 heavy (non-hydrogen) atoms. The molecule has 1 aliphatic heterocycles. The molecule has 1 aliphatic rings. The second kappa shape index (κ2) is 5.89. The minimum absolute atomic E-state index is 0.436. The van der Waals surface area contributed by atoms with Crippen LogP contribution in [0.3, 0.4) is 0 Å². The normalized spacial score (nSPS) is 19.4. The van der Waals surface area contributed by atoms with Crippen molar-refractivity contribution < 1.29 is 0 Å². The molecule has 0 saturated heterocycles. The fraction of sp³-hybridized carbons (Fsp3) is 0.533. The lowest BCUT2D eigenvalue weighted by atomic mass is 10.0. The number of benzene rings is 1. The number of hydrogen-bond acceptors (Lipinski definition) is 3. The highest BCUT2D eigenvalue weighted by Gasteiger charge is 2.25. The van der Waals surface area contributed by atoms with Crippen LogP contribution in [0.1, 0.15) is 25.8 Å². The zero-order valence-corrected chi connectivity index (χ0v) is 11.3. The van der Waals surface area contributed by atoms with Crippen LogP contribution in [-0.4, -0.2) is 30.0 Å². The summed E-state index contributed by atoms with van der Waals surface area (Å²) in [6.45, 7) is 6.34. The molecular weight excluding hydrogens is 222 g/mol. The first-order chi connectivity index (χ1) is 8.66. The van der Waals surface area contributed by atoms with Gasteiger partial charge in [-0.2, -0.15) is 0 Å². The van der Waals surface area contributed by atoms with Crippen LogP contribution in [0.15, 0.2) is 35.3 Å². The molecule has 0 spiro atoms. The van der Waals surface area contributed by atoms with Gasteiger partial charge in [-0.25, -0.2) is 0 Å². The van der Waals surface area contributed by atoms with Crippen molar-refractivity contribution >= 4 is 5.96 Å². The van der Waals surface area contributed by atoms with E-state index in [1.165, 1.54) is 12.0 Å². The zero-order chi connectivity index (χ0) is 13.0. The van der Waals surface area contributed by atoms with E-state index < -0.39 is 0 Å². The van der Waals surface area contributed by atoms with Gasteiger partial charge in [-0.3, -0.25) is 4.99 Å². The van der Waals surface area contributed by atoms with Crippen molar-refractivity contribution in [3.63, 3.8) is 0 Å². The van der Waals surface area contributed by atoms with Gasteiger partial charge in [0, 0.05) is 6.54 Å². The highest BCUT2D eigenvalue weighted by Crippen LogP contribution is 2.16. The summed E-state index contributed by atoms with van der Waals surface area (Å²) in [6, 6.07) is 11.0. The van der Waals surface area contributed by atoms with Crippen LogP contribution in [0.4, 0.5) is 0 Å². The maximum atomic E-state index is 5.99. The van der Waals surface area contributed by atoms with Crippen molar-refractivity contribution in [1.29, 1.82) is 0 Å². The van der Waals surface area contributed by atoms with E-state index in [1.54, 1.807) is 0 Å². The molecule has 2 rings (SSSR count). The Bertz CT molecular complexity index is 397. The number of guanidine groups is 1. The number of hydrogen-bond donors (Lipinski definition) is 1. The third kappa shape index (κ3) is 3.25. The van der Waals surface area contributed by atoms with E-state index >= 15 is 0 Å². The summed E-state index contributed by atoms with van der Waals surface area (Å²) in [5.41, 5.74) is 7.35. The molecule has 0 aliphatic carbocycles. The molecule has 0 fully saturated rings. The molecule has 0 amide bonds. The fourth-order valence-corrected chi connectivity index (χ4v) is 2.33. The Kier molecular flexibility index (Phi) is 4.24. The molecule has 0 bridgehead atoms. The van der Waals surface area contributed by atoms with Gasteiger partial charge in [0.1, 0.15) is 0 Å². The van der Waals surface area contributed by atoms with Gasteiger partial charge >= 0.3 is 0 Å². The smallest absolute Gasteiger partial charge is 0.191 e. The van der Waals surface area contributed by atoms with E-state index in [1.807, 2.05) is 0 Å². The van der Waals surface area contributed by atoms with E-state index in [0.29, 0.717) is 12.0 Å². The number of rotatable bonds is 5. The summed E-state index contributed by atoms with van der Waals surface area (Å²) in [5, 5.41) is 0. The minimum atomic E-state index is 0.436. The van der Waals surface area contributed by atoms with E-state index in [2.05, 4.69) is 54.1 Å². The third-order valence-electron chi connectivity index (χ3n) is 3.46. The average molecular weight is 245 g/mol. The number of nitrogens with two attached hydrogens (primary N) is 1. The lowest BCUT2D eigenvalue weighted by Crippen LogP contribution is -2.42. The summed E-state index contributed by atoms with van der Waals surface area (Å²) in [5.74, 6) is 1.42. The fourth-order valence-electron chi connectivity index (χ4n) is 2.33. The Morgan fingerprint density at radius 3 is 2.72 bits per heavy atom. The topological polar surface area (TPSA) is 41.6 Å². The summed E-state index contributed by atoms with van der Waals surface area (Å²) >= 11 is 0. The highest BCUT2D eigenvalue weighted by molar-refractivity contribution is 5.80. The average Bonchev–Trinajstić information content (AvgIpc) is 2.69. The van der Waals surface area contributed by atoms with Crippen molar-refractivity contribution in [2.45, 2.75) is 32.7 Å². The van der Waals surface area contributed by atoms with Crippen LogP contribution in [0.25, 0.3) is 0 Å². The van der Waals surface area contributed by atoms with Gasteiger partial charge in [-0.1, -0.05) is 44.2 Å². The third-order valence-corrected chi connectivity index (χ3v) is 3.46. The standard InChI is InChI=1S/C15H23N3/c1-12(2)8-9-18-14(11-17-15(18)16)10-13-6-4-3-5-7-13/h3-7,12,14H,8-11H2,1-2H3,(H2,16,17). The van der Waals surface area contributed by atoms with Gasteiger partial charge < -0.3 is 10.6 Å². The molecule has 2 N–H and O–H groups in total. The predicted molar refractivity (Wildman–Crippen MR) is 76.6 cm³/mol. The Hall–Kier alpha value is -1.51. The lowest BCUT2D eigenvalue weighted by molar-refractivity contribution is 0.316. The maximum absolute atomic E-state index is 5.99. The lowest BCUT2D eigenvalue weighted by Gasteiger charge is -2.27. The van der Waals surface area contributed by atoms with E-state index in [4.69, 9.17) is 5.73 Å². The molecule has 3 nitrogen and oxygen atoms in total. The van der Waals surface area contributed by atoms with Crippen molar-refractivity contribution in [3.8, 4) is 0 Å². The van der Waals surface area contributed by atoms with Gasteiger partial charge in [0.05, 0.1) is 12.6 Å². The molecule has 1 unspecified atom stereocenters. The van der Waals surface area contributed by atoms with Crippen LogP contribution in [0, 0.1) is 5.92 Å². The number of aliphatic imine (C=N–C) groups is 1. The zero-order valence-electron chi connectivity index (χ0n) is 11.3. The minimum Gasteiger partial charge on any atom is -0.370 e. The van der Waals surface area contributed by atoms with Gasteiger partial charge in [-0.15, -0.1) is 0 Å². The summed E-state index contributed by atoms with van der Waals surface area (Å²) in [4.78, 5) is 6.66. The molecule has 1 heterocycles. The molecule has 1 atom stereocenters. The maximum Gasteiger partial charge on any atom is 0.191 e. The Morgan fingerprint density at radius 2 is 2.06 bits per heavy atom. The van der Waals surface area contributed by atoms with E-state index in [9.17, 15) is 0 Å². The summed E-state index contributed by atoms with van der Waals surface area (Å²) in [7, 11) is 0. The van der Waals surface area contributed by atoms with Gasteiger partial charge in [0.15, 0.2) is 5.96 Å². The van der Waals surface area contributed by atoms with Gasteiger partial charge in [0.25, 0.3) is 0 Å². The monoisotopic (exact) mass is 245 g/mol. The first-order valence-electron chi connectivity index (χ1n) is 6.77. The van der Waals surface area contributed by atoms with Crippen LogP contribution in [0.2, 0.25) is 0 Å². The molecule has 1 aromatic carbocycles. The van der Waals surface area contributed by atoms with E-state index in [-0.39, 0.29) is 0 Å². The molecule has 0 aromatic heterocycles. The highest BCUT2D eigenvalue weighted by atomic mass is 15.3. The van der Waals surface area contributed by atoms with Crippen LogP contribution in [0.5, 0.6) is 0 Å². The second-order valence-corrected chi connectivity index (χ2v) is 5.42. The molecule has 98 valence electrons. The Labute approximate surface area is 110 Å². The summed E-state index contributed by atoms with van der Waals surface area (Å²) < 4.78 is 0. The molecular formula is C15H23N3. The van der Waals surface area contributed by atoms with Crippen LogP contribution >= 0.6 is 0 Å². The van der Waals surface area contributed by atoms with Crippen molar-refractivity contribution in [1.82, 2.24) is 4.90 Å². The largest absolute Gasteiger partial charge is 0.370 e. The SMILES string of the molecule is CC(C)CCN1C(N)=NCC1Cc1ccccc1. The van der Waals surface area contributed by atoms with E-state index in [0.717, 1.165) is 25.5 Å². The molecule has 0 saturated carbocycles. The van der Waals surface area contributed by atoms with Gasteiger partial charge in [0.2, 0.25) is 0 Å². The first-order valence-corrected chi connectivity index (χ1v) is 6.77. The van der Waals surface area contributed by atoms with Crippen molar-refractivity contribution in [2.24, 2.45) is 16.6 Å². The Balaban J connectivity index is 1.96. The molecule has 0 radical (unpaired) electrons. The summed E-state index contributed by atoms with van der Waals surface area (Å²) in [6.07, 6.45) is 2.20. The van der Waals surface area contributed by atoms with Crippen molar-refractivity contribution in [2.75, 3.05) is 13.1 Å². The van der Waals surface area contributed by atoms with Crippen LogP contribution < -0.4 is 5.73 Å².